The van der Waals surface area contributed by atoms with Gasteiger partial charge in [0.2, 0.25) is 0 Å². The minimum atomic E-state index is -1.87. The Bertz CT molecular complexity index is 340. The monoisotopic (exact) mass is 428 g/mol. The molecule has 9 N–H and O–H groups in total. The van der Waals surface area contributed by atoms with Crippen LogP contribution in [-0.2, 0) is 0 Å². The van der Waals surface area contributed by atoms with Crippen molar-refractivity contribution in [2.45, 2.75) is 58.2 Å². The van der Waals surface area contributed by atoms with E-state index in [1.807, 2.05) is 0 Å². The van der Waals surface area contributed by atoms with Crippen LogP contribution in [-0.4, -0.2) is 116 Å². The van der Waals surface area contributed by atoms with Crippen LogP contribution in [0.3, 0.4) is 0 Å². The third-order valence-corrected chi connectivity index (χ3v) is 9.75. The minimum Gasteiger partial charge on any atom is -1.00 e. The number of hydrogen-bond donors (Lipinski definition) is 9. The standard InChI is InChI=1S/C12H25O9Se.ClH/c13-1-5(15)10(19)12(21)11(20)7(17)4-22-3-6(16)9(18)8(22)2-14;/h5-21H,1-4H2;1H/q+1;/p-1/t5-,6+,7+,8+,9-,10+,11+,12+,22?;/m0./s1. The van der Waals surface area contributed by atoms with Gasteiger partial charge in [0.15, 0.2) is 0 Å². The summed E-state index contributed by atoms with van der Waals surface area (Å²) in [4.78, 5) is -0.540. The summed E-state index contributed by atoms with van der Waals surface area (Å²) in [6.45, 7) is -1.16. The third kappa shape index (κ3) is 5.74. The Hall–Kier alpha value is 0.449. The summed E-state index contributed by atoms with van der Waals surface area (Å²) in [5.74, 6) is 0. The van der Waals surface area contributed by atoms with Crippen molar-refractivity contribution in [3.63, 3.8) is 0 Å². The topological polar surface area (TPSA) is 182 Å². The van der Waals surface area contributed by atoms with E-state index >= 15 is 0 Å². The van der Waals surface area contributed by atoms with Gasteiger partial charge in [0.25, 0.3) is 0 Å². The second kappa shape index (κ2) is 10.4. The largest absolute Gasteiger partial charge is 1.00 e. The van der Waals surface area contributed by atoms with E-state index in [9.17, 15) is 40.9 Å². The summed E-state index contributed by atoms with van der Waals surface area (Å²) < 4.78 is 0. The molecule has 9 nitrogen and oxygen atoms in total. The molecule has 1 saturated heterocycles. The van der Waals surface area contributed by atoms with Gasteiger partial charge in [-0.25, -0.2) is 0 Å². The molecule has 0 aromatic carbocycles. The summed E-state index contributed by atoms with van der Waals surface area (Å²) in [5.41, 5.74) is 0. The maximum absolute atomic E-state index is 9.96. The molecule has 1 fully saturated rings. The van der Waals surface area contributed by atoms with Crippen molar-refractivity contribution in [2.75, 3.05) is 13.2 Å². The molecule has 0 aromatic heterocycles. The molecule has 0 saturated carbocycles. The van der Waals surface area contributed by atoms with Gasteiger partial charge < -0.3 is 12.4 Å². The average Bonchev–Trinajstić information content (AvgIpc) is 2.77. The van der Waals surface area contributed by atoms with Crippen molar-refractivity contribution < 1.29 is 58.4 Å². The Morgan fingerprint density at radius 3 is 1.87 bits per heavy atom. The predicted octanol–water partition coefficient (Wildman–Crippen LogP) is -7.62. The van der Waals surface area contributed by atoms with E-state index in [1.54, 1.807) is 0 Å². The van der Waals surface area contributed by atoms with Gasteiger partial charge in [-0.2, -0.15) is 0 Å². The fraction of sp³-hybridized carbons (Fsp3) is 1.00. The Balaban J connectivity index is 0.00000484. The van der Waals surface area contributed by atoms with Crippen LogP contribution < -0.4 is 12.4 Å². The molecule has 0 radical (unpaired) electrons. The molecule has 0 aliphatic carbocycles. The zero-order chi connectivity index (χ0) is 17.0. The van der Waals surface area contributed by atoms with Crippen LogP contribution in [0, 0.1) is 0 Å². The Kier molecular flexibility index (Phi) is 10.6. The van der Waals surface area contributed by atoms with E-state index < -0.39 is 68.1 Å². The van der Waals surface area contributed by atoms with Crippen LogP contribution in [0.15, 0.2) is 0 Å². The first-order chi connectivity index (χ1) is 10.2. The molecule has 9 atom stereocenters. The first-order valence-electron chi connectivity index (χ1n) is 6.89. The van der Waals surface area contributed by atoms with Crippen LogP contribution in [0.25, 0.3) is 0 Å². The Morgan fingerprint density at radius 1 is 0.870 bits per heavy atom. The van der Waals surface area contributed by atoms with E-state index in [4.69, 9.17) is 5.11 Å². The SMILES string of the molecule is OC[C@@H]1[C@@H](O)[C@H](O)C[Se+]1C[C@@H](O)[C@@H](O)[C@H](O)[C@H](O)[C@@H](O)CO.[Cl-]. The number of halogens is 1. The summed E-state index contributed by atoms with van der Waals surface area (Å²) in [6, 6.07) is 0. The van der Waals surface area contributed by atoms with Gasteiger partial charge in [-0.1, -0.05) is 0 Å². The summed E-state index contributed by atoms with van der Waals surface area (Å²) in [7, 11) is 0. The molecule has 1 aliphatic heterocycles. The molecule has 0 bridgehead atoms. The van der Waals surface area contributed by atoms with Gasteiger partial charge >= 0.3 is 131 Å². The molecular weight excluding hydrogens is 403 g/mol. The number of aliphatic hydroxyl groups excluding tert-OH is 9. The zero-order valence-corrected chi connectivity index (χ0v) is 14.7. The second-order valence-electron chi connectivity index (χ2n) is 5.44. The summed E-state index contributed by atoms with van der Waals surface area (Å²) in [6.07, 6.45) is -10.6. The maximum Gasteiger partial charge on any atom is -1.00 e. The van der Waals surface area contributed by atoms with Crippen molar-refractivity contribution in [1.82, 2.24) is 0 Å². The van der Waals surface area contributed by atoms with E-state index in [0.717, 1.165) is 0 Å². The molecule has 140 valence electrons. The summed E-state index contributed by atoms with van der Waals surface area (Å²) in [5, 5.41) is 85.7. The molecule has 0 spiro atoms. The van der Waals surface area contributed by atoms with Gasteiger partial charge in [0, 0.05) is 0 Å². The van der Waals surface area contributed by atoms with Crippen molar-refractivity contribution in [3.05, 3.63) is 0 Å². The van der Waals surface area contributed by atoms with Crippen LogP contribution in [0.5, 0.6) is 0 Å². The maximum atomic E-state index is 9.96. The number of hydrogen-bond acceptors (Lipinski definition) is 9. The fourth-order valence-electron chi connectivity index (χ4n) is 2.37. The van der Waals surface area contributed by atoms with Crippen LogP contribution in [0.4, 0.5) is 0 Å². The quantitative estimate of drug-likeness (QED) is 0.170. The molecule has 1 unspecified atom stereocenters. The van der Waals surface area contributed by atoms with Gasteiger partial charge in [-0.05, 0) is 0 Å². The van der Waals surface area contributed by atoms with E-state index in [0.29, 0.717) is 0 Å². The number of rotatable bonds is 8. The normalized spacial score (nSPS) is 34.3. The van der Waals surface area contributed by atoms with Gasteiger partial charge in [-0.3, -0.25) is 0 Å². The van der Waals surface area contributed by atoms with E-state index in [-0.39, 0.29) is 29.7 Å². The molecule has 11 heteroatoms. The second-order valence-corrected chi connectivity index (χ2v) is 10.4. The molecule has 0 amide bonds. The Morgan fingerprint density at radius 2 is 1.39 bits per heavy atom. The molecular formula is C12H25ClO9Se. The van der Waals surface area contributed by atoms with E-state index in [2.05, 4.69) is 0 Å². The van der Waals surface area contributed by atoms with Crippen molar-refractivity contribution in [2.24, 2.45) is 0 Å². The van der Waals surface area contributed by atoms with Gasteiger partial charge in [0.1, 0.15) is 0 Å². The first-order valence-corrected chi connectivity index (χ1v) is 10.3. The molecule has 1 rings (SSSR count). The van der Waals surface area contributed by atoms with Crippen molar-refractivity contribution in [3.8, 4) is 0 Å². The minimum absolute atomic E-state index is 0. The van der Waals surface area contributed by atoms with Crippen molar-refractivity contribution >= 4 is 13.9 Å². The average molecular weight is 428 g/mol. The van der Waals surface area contributed by atoms with Crippen LogP contribution >= 0.6 is 0 Å². The molecule has 1 heterocycles. The molecule has 0 aromatic rings. The predicted molar refractivity (Wildman–Crippen MR) is 75.3 cm³/mol. The van der Waals surface area contributed by atoms with Gasteiger partial charge in [-0.15, -0.1) is 0 Å². The fourth-order valence-corrected chi connectivity index (χ4v) is 8.02. The Labute approximate surface area is 144 Å². The first kappa shape index (κ1) is 23.4. The number of aliphatic hydroxyl groups is 9. The third-order valence-electron chi connectivity index (χ3n) is 3.83. The zero-order valence-electron chi connectivity index (χ0n) is 12.3. The van der Waals surface area contributed by atoms with Gasteiger partial charge in [0.05, 0.1) is 0 Å². The van der Waals surface area contributed by atoms with Crippen LogP contribution in [0.2, 0.25) is 15.5 Å². The summed E-state index contributed by atoms with van der Waals surface area (Å²) >= 11 is -1.84. The molecule has 23 heavy (non-hydrogen) atoms. The van der Waals surface area contributed by atoms with Crippen molar-refractivity contribution in [1.29, 1.82) is 0 Å². The van der Waals surface area contributed by atoms with Crippen LogP contribution in [0.1, 0.15) is 0 Å². The smallest absolute Gasteiger partial charge is 1.00 e. The van der Waals surface area contributed by atoms with E-state index in [1.165, 1.54) is 0 Å². The molecule has 1 aliphatic rings.